The summed E-state index contributed by atoms with van der Waals surface area (Å²) >= 11 is 0. The quantitative estimate of drug-likeness (QED) is 0.703. The van der Waals surface area contributed by atoms with Crippen LogP contribution >= 0.6 is 0 Å². The Morgan fingerprint density at radius 1 is 1.20 bits per heavy atom. The van der Waals surface area contributed by atoms with Gasteiger partial charge in [-0.1, -0.05) is 25.7 Å². The van der Waals surface area contributed by atoms with Crippen molar-refractivity contribution in [1.29, 1.82) is 0 Å². The smallest absolute Gasteiger partial charge is 0.110 e. The number of ether oxygens (including phenoxy) is 1. The van der Waals surface area contributed by atoms with Crippen molar-refractivity contribution in [3.63, 3.8) is 0 Å². The highest BCUT2D eigenvalue weighted by molar-refractivity contribution is 4.83. The van der Waals surface area contributed by atoms with E-state index in [1.54, 1.807) is 0 Å². The minimum atomic E-state index is 0.415. The Kier molecular flexibility index (Phi) is 4.52. The van der Waals surface area contributed by atoms with Gasteiger partial charge in [0.25, 0.3) is 0 Å². The molecule has 0 aromatic rings. The van der Waals surface area contributed by atoms with Crippen molar-refractivity contribution >= 4 is 0 Å². The zero-order valence-electron chi connectivity index (χ0n) is 9.58. The Hall–Kier alpha value is -0.500. The Bertz CT molecular complexity index is 197. The summed E-state index contributed by atoms with van der Waals surface area (Å²) in [7, 11) is 0. The lowest BCUT2D eigenvalue weighted by molar-refractivity contribution is 0.122. The summed E-state index contributed by atoms with van der Waals surface area (Å²) in [4.78, 5) is 0. The first-order valence-electron chi connectivity index (χ1n) is 6.46. The molecule has 86 valence electrons. The molecule has 2 heteroatoms. The van der Waals surface area contributed by atoms with Crippen molar-refractivity contribution in [3.05, 3.63) is 12.3 Å². The topological polar surface area (TPSA) is 21.3 Å². The molecule has 0 aromatic heterocycles. The van der Waals surface area contributed by atoms with Gasteiger partial charge in [-0.25, -0.2) is 0 Å². The minimum absolute atomic E-state index is 0.415. The molecule has 2 aliphatic rings. The van der Waals surface area contributed by atoms with Crippen LogP contribution in [0.25, 0.3) is 0 Å². The molecule has 0 saturated heterocycles. The van der Waals surface area contributed by atoms with Crippen LogP contribution in [0, 0.1) is 5.92 Å². The molecule has 1 aliphatic carbocycles. The lowest BCUT2D eigenvalue weighted by Gasteiger charge is -2.20. The summed E-state index contributed by atoms with van der Waals surface area (Å²) in [5, 5.41) is 3.52. The van der Waals surface area contributed by atoms with Gasteiger partial charge < -0.3 is 10.1 Å². The molecular weight excluding hydrogens is 186 g/mol. The molecule has 1 unspecified atom stereocenters. The molecule has 1 aliphatic heterocycles. The van der Waals surface area contributed by atoms with Crippen molar-refractivity contribution in [2.45, 2.75) is 51.0 Å². The van der Waals surface area contributed by atoms with Crippen LogP contribution < -0.4 is 5.32 Å². The van der Waals surface area contributed by atoms with E-state index < -0.39 is 0 Å². The first kappa shape index (κ1) is 11.0. The van der Waals surface area contributed by atoms with Crippen molar-refractivity contribution in [3.8, 4) is 0 Å². The van der Waals surface area contributed by atoms with Crippen LogP contribution in [0.2, 0.25) is 0 Å². The van der Waals surface area contributed by atoms with E-state index >= 15 is 0 Å². The summed E-state index contributed by atoms with van der Waals surface area (Å²) in [5.41, 5.74) is 0. The van der Waals surface area contributed by atoms with Gasteiger partial charge in [-0.3, -0.25) is 0 Å². The zero-order valence-corrected chi connectivity index (χ0v) is 9.58. The Morgan fingerprint density at radius 2 is 2.07 bits per heavy atom. The molecule has 0 amide bonds. The fraction of sp³-hybridized carbons (Fsp3) is 0.846. The molecule has 1 atom stereocenters. The third-order valence-corrected chi connectivity index (χ3v) is 3.60. The molecule has 0 radical (unpaired) electrons. The van der Waals surface area contributed by atoms with Crippen LogP contribution in [0.3, 0.4) is 0 Å². The molecule has 15 heavy (non-hydrogen) atoms. The second kappa shape index (κ2) is 6.16. The third kappa shape index (κ3) is 3.86. The molecule has 1 fully saturated rings. The first-order chi connectivity index (χ1) is 7.45. The summed E-state index contributed by atoms with van der Waals surface area (Å²) in [6.45, 7) is 2.20. The average Bonchev–Trinajstić information content (AvgIpc) is 2.79. The summed E-state index contributed by atoms with van der Waals surface area (Å²) in [6, 6.07) is 0. The van der Waals surface area contributed by atoms with Gasteiger partial charge in [-0.15, -0.1) is 0 Å². The normalized spacial score (nSPS) is 26.8. The molecule has 2 nitrogen and oxygen atoms in total. The van der Waals surface area contributed by atoms with Gasteiger partial charge in [0.2, 0.25) is 0 Å². The van der Waals surface area contributed by atoms with Crippen molar-refractivity contribution in [2.75, 3.05) is 13.1 Å². The van der Waals surface area contributed by atoms with E-state index in [1.807, 2.05) is 6.26 Å². The fourth-order valence-corrected chi connectivity index (χ4v) is 2.60. The predicted molar refractivity (Wildman–Crippen MR) is 62.7 cm³/mol. The predicted octanol–water partition coefficient (Wildman–Crippen LogP) is 2.85. The first-order valence-corrected chi connectivity index (χ1v) is 6.46. The lowest BCUT2D eigenvalue weighted by Crippen LogP contribution is -2.30. The largest absolute Gasteiger partial charge is 0.497 e. The number of hydrogen-bond donors (Lipinski definition) is 1. The van der Waals surface area contributed by atoms with Gasteiger partial charge in [0.15, 0.2) is 0 Å². The lowest BCUT2D eigenvalue weighted by atomic mass is 10.0. The highest BCUT2D eigenvalue weighted by atomic mass is 16.5. The van der Waals surface area contributed by atoms with Gasteiger partial charge >= 0.3 is 0 Å². The molecule has 0 bridgehead atoms. The van der Waals surface area contributed by atoms with E-state index in [-0.39, 0.29) is 0 Å². The maximum absolute atomic E-state index is 5.51. The SMILES string of the molecule is C1=COC(CNCCC2CCCC2)CC1. The second-order valence-corrected chi connectivity index (χ2v) is 4.85. The van der Waals surface area contributed by atoms with Gasteiger partial charge in [-0.2, -0.15) is 0 Å². The Labute approximate surface area is 93.1 Å². The fourth-order valence-electron chi connectivity index (χ4n) is 2.60. The van der Waals surface area contributed by atoms with E-state index in [1.165, 1.54) is 51.5 Å². The minimum Gasteiger partial charge on any atom is -0.497 e. The Morgan fingerprint density at radius 3 is 2.80 bits per heavy atom. The summed E-state index contributed by atoms with van der Waals surface area (Å²) in [5.74, 6) is 1.00. The van der Waals surface area contributed by atoms with Crippen LogP contribution in [0.4, 0.5) is 0 Å². The second-order valence-electron chi connectivity index (χ2n) is 4.85. The monoisotopic (exact) mass is 209 g/mol. The van der Waals surface area contributed by atoms with Gasteiger partial charge in [-0.05, 0) is 37.8 Å². The molecule has 0 aromatic carbocycles. The van der Waals surface area contributed by atoms with E-state index in [0.29, 0.717) is 6.10 Å². The molecule has 1 saturated carbocycles. The summed E-state index contributed by atoms with van der Waals surface area (Å²) in [6.07, 6.45) is 13.9. The molecular formula is C13H23NO. The van der Waals surface area contributed by atoms with Crippen LogP contribution in [-0.2, 0) is 4.74 Å². The standard InChI is InChI=1S/C13H23NO/c1-2-6-12(5-1)8-9-14-11-13-7-3-4-10-15-13/h4,10,12-14H,1-3,5-9,11H2. The van der Waals surface area contributed by atoms with E-state index in [2.05, 4.69) is 11.4 Å². The van der Waals surface area contributed by atoms with Crippen LogP contribution in [0.1, 0.15) is 44.9 Å². The number of rotatable bonds is 5. The van der Waals surface area contributed by atoms with Crippen LogP contribution in [-0.4, -0.2) is 19.2 Å². The van der Waals surface area contributed by atoms with Crippen molar-refractivity contribution < 1.29 is 4.74 Å². The maximum atomic E-state index is 5.51. The highest BCUT2D eigenvalue weighted by Gasteiger charge is 2.15. The van der Waals surface area contributed by atoms with E-state index in [0.717, 1.165) is 12.5 Å². The van der Waals surface area contributed by atoms with Crippen LogP contribution in [0.5, 0.6) is 0 Å². The molecule has 0 spiro atoms. The van der Waals surface area contributed by atoms with Gasteiger partial charge in [0.1, 0.15) is 6.10 Å². The number of nitrogens with one attached hydrogen (secondary N) is 1. The number of hydrogen-bond acceptors (Lipinski definition) is 2. The maximum Gasteiger partial charge on any atom is 0.110 e. The Balaban J connectivity index is 1.49. The zero-order chi connectivity index (χ0) is 10.3. The average molecular weight is 209 g/mol. The molecule has 1 N–H and O–H groups in total. The van der Waals surface area contributed by atoms with Crippen molar-refractivity contribution in [2.24, 2.45) is 5.92 Å². The van der Waals surface area contributed by atoms with E-state index in [4.69, 9.17) is 4.74 Å². The highest BCUT2D eigenvalue weighted by Crippen LogP contribution is 2.26. The van der Waals surface area contributed by atoms with Gasteiger partial charge in [0.05, 0.1) is 6.26 Å². The van der Waals surface area contributed by atoms with Crippen molar-refractivity contribution in [1.82, 2.24) is 5.32 Å². The molecule has 1 heterocycles. The third-order valence-electron chi connectivity index (χ3n) is 3.60. The van der Waals surface area contributed by atoms with E-state index in [9.17, 15) is 0 Å². The summed E-state index contributed by atoms with van der Waals surface area (Å²) < 4.78 is 5.51. The van der Waals surface area contributed by atoms with Crippen LogP contribution in [0.15, 0.2) is 12.3 Å². The van der Waals surface area contributed by atoms with Gasteiger partial charge in [0, 0.05) is 6.54 Å². The molecule has 2 rings (SSSR count). The number of allylic oxidation sites excluding steroid dienone is 1.